The lowest BCUT2D eigenvalue weighted by molar-refractivity contribution is -0.180. The number of ether oxygens (including phenoxy) is 2. The van der Waals surface area contributed by atoms with E-state index in [2.05, 4.69) is 73.6 Å². The molecule has 32 heavy (non-hydrogen) atoms. The lowest BCUT2D eigenvalue weighted by Crippen LogP contribution is -2.37. The van der Waals surface area contributed by atoms with Crippen LogP contribution in [0.15, 0.2) is 55.1 Å². The van der Waals surface area contributed by atoms with Crippen molar-refractivity contribution in [1.29, 1.82) is 0 Å². The number of nitrogens with zero attached hydrogens (tertiary/aromatic N) is 2. The second-order valence-corrected chi connectivity index (χ2v) is 10.1. The Balaban J connectivity index is 1.37. The Bertz CT molecular complexity index is 994. The monoisotopic (exact) mass is 450 g/mol. The number of hydrogen-bond donors (Lipinski definition) is 0. The molecule has 1 saturated heterocycles. The summed E-state index contributed by atoms with van der Waals surface area (Å²) in [6.45, 7) is 10.0. The summed E-state index contributed by atoms with van der Waals surface area (Å²) in [5.74, 6) is 1.34. The molecule has 1 aromatic heterocycles. The van der Waals surface area contributed by atoms with Gasteiger partial charge in [-0.25, -0.2) is 4.98 Å². The smallest absolute Gasteiger partial charge is 0.187 e. The minimum absolute atomic E-state index is 0.104. The average molecular weight is 451 g/mol. The molecule has 5 heteroatoms. The van der Waals surface area contributed by atoms with Crippen molar-refractivity contribution in [2.75, 3.05) is 12.4 Å². The molecule has 2 atom stereocenters. The molecule has 0 N–H and O–H groups in total. The Kier molecular flexibility index (Phi) is 7.39. The summed E-state index contributed by atoms with van der Waals surface area (Å²) in [7, 11) is 0. The summed E-state index contributed by atoms with van der Waals surface area (Å²) in [4.78, 5) is 4.20. The highest BCUT2D eigenvalue weighted by molar-refractivity contribution is 7.98. The first kappa shape index (κ1) is 23.1. The third-order valence-corrected chi connectivity index (χ3v) is 7.30. The van der Waals surface area contributed by atoms with Crippen LogP contribution in [0, 0.1) is 27.7 Å². The van der Waals surface area contributed by atoms with Gasteiger partial charge in [0.25, 0.3) is 0 Å². The first-order valence-electron chi connectivity index (χ1n) is 11.4. The fourth-order valence-electron chi connectivity index (χ4n) is 4.47. The molecule has 2 heterocycles. The molecule has 4 nitrogen and oxygen atoms in total. The van der Waals surface area contributed by atoms with Crippen LogP contribution in [0.2, 0.25) is 0 Å². The maximum atomic E-state index is 6.59. The number of rotatable bonds is 9. The van der Waals surface area contributed by atoms with Gasteiger partial charge in [-0.15, -0.1) is 0 Å². The minimum Gasteiger partial charge on any atom is -0.345 e. The van der Waals surface area contributed by atoms with Gasteiger partial charge in [0.15, 0.2) is 5.79 Å². The quantitative estimate of drug-likeness (QED) is 0.413. The van der Waals surface area contributed by atoms with Crippen LogP contribution in [0.25, 0.3) is 0 Å². The molecule has 1 fully saturated rings. The molecule has 0 aliphatic carbocycles. The zero-order chi connectivity index (χ0) is 22.6. The molecule has 4 rings (SSSR count). The molecule has 2 aromatic carbocycles. The second kappa shape index (κ2) is 10.2. The molecular formula is C27H34N2O2S. The molecule has 3 aromatic rings. The topological polar surface area (TPSA) is 36.3 Å². The van der Waals surface area contributed by atoms with E-state index in [0.29, 0.717) is 13.2 Å². The Labute approximate surface area is 196 Å². The largest absolute Gasteiger partial charge is 0.345 e. The van der Waals surface area contributed by atoms with Gasteiger partial charge in [-0.3, -0.25) is 0 Å². The number of thioether (sulfide) groups is 1. The van der Waals surface area contributed by atoms with Crippen molar-refractivity contribution in [2.45, 2.75) is 64.7 Å². The van der Waals surface area contributed by atoms with Gasteiger partial charge in [-0.1, -0.05) is 47.5 Å². The first-order chi connectivity index (χ1) is 15.4. The summed E-state index contributed by atoms with van der Waals surface area (Å²) in [6, 6.07) is 13.3. The Morgan fingerprint density at radius 3 is 2.50 bits per heavy atom. The maximum Gasteiger partial charge on any atom is 0.187 e. The van der Waals surface area contributed by atoms with Crippen molar-refractivity contribution in [3.63, 3.8) is 0 Å². The van der Waals surface area contributed by atoms with E-state index < -0.39 is 5.79 Å². The third kappa shape index (κ3) is 5.83. The molecule has 2 unspecified atom stereocenters. The highest BCUT2D eigenvalue weighted by Gasteiger charge is 2.41. The summed E-state index contributed by atoms with van der Waals surface area (Å²) in [6.07, 6.45) is 7.48. The van der Waals surface area contributed by atoms with Gasteiger partial charge in [0.05, 0.1) is 25.6 Å². The summed E-state index contributed by atoms with van der Waals surface area (Å²) in [5, 5.41) is 0. The van der Waals surface area contributed by atoms with Crippen LogP contribution < -0.4 is 0 Å². The number of imidazole rings is 1. The fraction of sp³-hybridized carbons (Fsp3) is 0.444. The lowest BCUT2D eigenvalue weighted by atomic mass is 10.0. The fourth-order valence-corrected chi connectivity index (χ4v) is 5.67. The standard InChI is InChI=1S/C27H34N2O2S/c1-20-5-7-24(8-6-20)9-10-27(18-29-12-11-28-19-29)30-15-25(31-27)16-32-17-26-22(3)13-21(2)14-23(26)4/h5-8,11-14,19,25H,9-10,15-18H2,1-4H3. The van der Waals surface area contributed by atoms with E-state index >= 15 is 0 Å². The predicted octanol–water partition coefficient (Wildman–Crippen LogP) is 5.79. The maximum absolute atomic E-state index is 6.59. The van der Waals surface area contributed by atoms with E-state index in [0.717, 1.165) is 24.3 Å². The van der Waals surface area contributed by atoms with E-state index in [1.54, 1.807) is 0 Å². The van der Waals surface area contributed by atoms with Crippen molar-refractivity contribution in [3.05, 3.63) is 88.5 Å². The van der Waals surface area contributed by atoms with Gasteiger partial charge in [0.1, 0.15) is 0 Å². The molecule has 0 saturated carbocycles. The minimum atomic E-state index is -0.605. The van der Waals surface area contributed by atoms with Crippen LogP contribution in [0.1, 0.15) is 39.8 Å². The van der Waals surface area contributed by atoms with Crippen LogP contribution in [-0.4, -0.2) is 33.8 Å². The molecule has 0 bridgehead atoms. The summed E-state index contributed by atoms with van der Waals surface area (Å²) >= 11 is 1.94. The third-order valence-electron chi connectivity index (χ3n) is 6.20. The van der Waals surface area contributed by atoms with E-state index in [1.165, 1.54) is 33.4 Å². The van der Waals surface area contributed by atoms with Crippen LogP contribution in [0.3, 0.4) is 0 Å². The average Bonchev–Trinajstić information content (AvgIpc) is 3.40. The molecule has 170 valence electrons. The SMILES string of the molecule is Cc1ccc(CCC2(Cn3ccnc3)OCC(CSCc3c(C)cc(C)cc3C)O2)cc1. The van der Waals surface area contributed by atoms with Gasteiger partial charge in [-0.05, 0) is 56.4 Å². The number of hydrogen-bond acceptors (Lipinski definition) is 4. The van der Waals surface area contributed by atoms with Crippen LogP contribution >= 0.6 is 11.8 Å². The second-order valence-electron chi connectivity index (χ2n) is 9.07. The molecule has 0 spiro atoms. The van der Waals surface area contributed by atoms with Gasteiger partial charge in [0.2, 0.25) is 0 Å². The lowest BCUT2D eigenvalue weighted by Gasteiger charge is -2.28. The zero-order valence-corrected chi connectivity index (χ0v) is 20.5. The van der Waals surface area contributed by atoms with Crippen molar-refractivity contribution >= 4 is 11.8 Å². The number of aryl methyl sites for hydroxylation is 5. The van der Waals surface area contributed by atoms with E-state index in [1.807, 2.05) is 30.5 Å². The normalized spacial score (nSPS) is 20.7. The highest BCUT2D eigenvalue weighted by Crippen LogP contribution is 2.33. The van der Waals surface area contributed by atoms with Gasteiger partial charge in [0, 0.05) is 30.3 Å². The highest BCUT2D eigenvalue weighted by atomic mass is 32.2. The van der Waals surface area contributed by atoms with E-state index in [9.17, 15) is 0 Å². The Hall–Kier alpha value is -2.08. The van der Waals surface area contributed by atoms with Crippen LogP contribution in [0.4, 0.5) is 0 Å². The zero-order valence-electron chi connectivity index (χ0n) is 19.6. The first-order valence-corrected chi connectivity index (χ1v) is 12.6. The van der Waals surface area contributed by atoms with E-state index in [-0.39, 0.29) is 6.10 Å². The molecule has 0 radical (unpaired) electrons. The van der Waals surface area contributed by atoms with Crippen molar-refractivity contribution < 1.29 is 9.47 Å². The van der Waals surface area contributed by atoms with Gasteiger partial charge >= 0.3 is 0 Å². The van der Waals surface area contributed by atoms with Crippen LogP contribution in [0.5, 0.6) is 0 Å². The van der Waals surface area contributed by atoms with Gasteiger partial charge < -0.3 is 14.0 Å². The molecule has 1 aliphatic rings. The Morgan fingerprint density at radius 2 is 1.81 bits per heavy atom. The number of aromatic nitrogens is 2. The molecule has 1 aliphatic heterocycles. The van der Waals surface area contributed by atoms with Gasteiger partial charge in [-0.2, -0.15) is 11.8 Å². The van der Waals surface area contributed by atoms with Crippen molar-refractivity contribution in [2.24, 2.45) is 0 Å². The van der Waals surface area contributed by atoms with E-state index in [4.69, 9.17) is 9.47 Å². The summed E-state index contributed by atoms with van der Waals surface area (Å²) < 4.78 is 15.0. The summed E-state index contributed by atoms with van der Waals surface area (Å²) in [5.41, 5.74) is 8.14. The van der Waals surface area contributed by atoms with Crippen LogP contribution in [-0.2, 0) is 28.2 Å². The van der Waals surface area contributed by atoms with Crippen molar-refractivity contribution in [1.82, 2.24) is 9.55 Å². The molecular weight excluding hydrogens is 416 g/mol. The number of benzene rings is 2. The Morgan fingerprint density at radius 1 is 1.06 bits per heavy atom. The molecule has 0 amide bonds. The predicted molar refractivity (Wildman–Crippen MR) is 132 cm³/mol. The van der Waals surface area contributed by atoms with Crippen molar-refractivity contribution in [3.8, 4) is 0 Å².